The number of para-hydroxylation sites is 1. The Morgan fingerprint density at radius 2 is 2.26 bits per heavy atom. The third-order valence-corrected chi connectivity index (χ3v) is 3.05. The third kappa shape index (κ3) is 2.65. The van der Waals surface area contributed by atoms with Crippen LogP contribution < -0.4 is 10.2 Å². The Hall–Kier alpha value is -2.55. The fourth-order valence-corrected chi connectivity index (χ4v) is 2.15. The zero-order chi connectivity index (χ0) is 13.8. The molecule has 1 fully saturated rings. The van der Waals surface area contributed by atoms with Gasteiger partial charge in [-0.1, -0.05) is 12.1 Å². The average molecular weight is 259 g/mol. The molecule has 0 bridgehead atoms. The number of aliphatic carboxylic acids is 1. The number of carbonyl (C=O) groups excluding carboxylic acids is 1. The van der Waals surface area contributed by atoms with Gasteiger partial charge in [-0.25, -0.2) is 4.79 Å². The van der Waals surface area contributed by atoms with E-state index in [4.69, 9.17) is 10.4 Å². The predicted octanol–water partition coefficient (Wildman–Crippen LogP) is 1.32. The van der Waals surface area contributed by atoms with E-state index in [2.05, 4.69) is 5.32 Å². The largest absolute Gasteiger partial charge is 0.481 e. The van der Waals surface area contributed by atoms with E-state index in [1.54, 1.807) is 24.3 Å². The van der Waals surface area contributed by atoms with Gasteiger partial charge in [0.1, 0.15) is 6.07 Å². The quantitative estimate of drug-likeness (QED) is 0.852. The van der Waals surface area contributed by atoms with Crippen molar-refractivity contribution in [1.82, 2.24) is 5.32 Å². The number of urea groups is 1. The fourth-order valence-electron chi connectivity index (χ4n) is 2.15. The Balaban J connectivity index is 2.26. The van der Waals surface area contributed by atoms with Crippen molar-refractivity contribution in [2.75, 3.05) is 11.4 Å². The second-order valence-electron chi connectivity index (χ2n) is 4.27. The van der Waals surface area contributed by atoms with Crippen LogP contribution in [-0.2, 0) is 4.79 Å². The summed E-state index contributed by atoms with van der Waals surface area (Å²) >= 11 is 0. The highest BCUT2D eigenvalue weighted by molar-refractivity contribution is 5.96. The highest BCUT2D eigenvalue weighted by Gasteiger charge is 2.33. The lowest BCUT2D eigenvalue weighted by atomic mass is 10.1. The molecule has 2 amide bonds. The molecule has 0 saturated carbocycles. The topological polar surface area (TPSA) is 93.4 Å². The van der Waals surface area contributed by atoms with Crippen molar-refractivity contribution in [2.24, 2.45) is 0 Å². The molecular weight excluding hydrogens is 246 g/mol. The first kappa shape index (κ1) is 12.9. The maximum atomic E-state index is 11.9. The Morgan fingerprint density at radius 3 is 2.95 bits per heavy atom. The summed E-state index contributed by atoms with van der Waals surface area (Å²) in [7, 11) is 0. The lowest BCUT2D eigenvalue weighted by molar-refractivity contribution is -0.137. The monoisotopic (exact) mass is 259 g/mol. The molecule has 98 valence electrons. The summed E-state index contributed by atoms with van der Waals surface area (Å²) in [4.78, 5) is 24.0. The zero-order valence-electron chi connectivity index (χ0n) is 10.2. The minimum Gasteiger partial charge on any atom is -0.481 e. The number of carboxylic acid groups (broad SMARTS) is 1. The molecule has 1 aliphatic rings. The number of nitrogens with zero attached hydrogens (tertiary/aromatic N) is 2. The highest BCUT2D eigenvalue weighted by Crippen LogP contribution is 2.26. The van der Waals surface area contributed by atoms with Crippen LogP contribution in [0.3, 0.4) is 0 Å². The van der Waals surface area contributed by atoms with Crippen molar-refractivity contribution in [3.8, 4) is 6.07 Å². The van der Waals surface area contributed by atoms with E-state index in [0.29, 0.717) is 24.2 Å². The second-order valence-corrected chi connectivity index (χ2v) is 4.27. The minimum atomic E-state index is -0.895. The molecule has 0 spiro atoms. The first-order valence-corrected chi connectivity index (χ1v) is 5.91. The summed E-state index contributed by atoms with van der Waals surface area (Å²) < 4.78 is 0. The molecule has 1 saturated heterocycles. The van der Waals surface area contributed by atoms with Gasteiger partial charge in [0.05, 0.1) is 17.3 Å². The van der Waals surface area contributed by atoms with Crippen molar-refractivity contribution in [3.63, 3.8) is 0 Å². The standard InChI is InChI=1S/C13H13N3O3/c14-7-9-3-1-2-4-11(9)16-10(5-6-12(17)18)8-15-13(16)19/h1-4,10H,5-6,8H2,(H,15,19)(H,17,18). The molecule has 2 rings (SSSR count). The van der Waals surface area contributed by atoms with Crippen molar-refractivity contribution < 1.29 is 14.7 Å². The van der Waals surface area contributed by atoms with E-state index in [-0.39, 0.29) is 18.5 Å². The van der Waals surface area contributed by atoms with Crippen molar-refractivity contribution in [1.29, 1.82) is 5.26 Å². The van der Waals surface area contributed by atoms with Crippen LogP contribution in [0.5, 0.6) is 0 Å². The van der Waals surface area contributed by atoms with Crippen molar-refractivity contribution >= 4 is 17.7 Å². The van der Waals surface area contributed by atoms with Crippen LogP contribution >= 0.6 is 0 Å². The number of carboxylic acids is 1. The van der Waals surface area contributed by atoms with E-state index in [1.165, 1.54) is 4.90 Å². The van der Waals surface area contributed by atoms with Gasteiger partial charge in [-0.3, -0.25) is 9.69 Å². The van der Waals surface area contributed by atoms with Gasteiger partial charge in [0.2, 0.25) is 0 Å². The third-order valence-electron chi connectivity index (χ3n) is 3.05. The van der Waals surface area contributed by atoms with E-state index in [1.807, 2.05) is 6.07 Å². The summed E-state index contributed by atoms with van der Waals surface area (Å²) in [5, 5.41) is 20.5. The summed E-state index contributed by atoms with van der Waals surface area (Å²) in [6.07, 6.45) is 0.346. The van der Waals surface area contributed by atoms with E-state index in [0.717, 1.165) is 0 Å². The van der Waals surface area contributed by atoms with Gasteiger partial charge in [-0.05, 0) is 18.6 Å². The second kappa shape index (κ2) is 5.40. The van der Waals surface area contributed by atoms with Crippen LogP contribution in [0, 0.1) is 11.3 Å². The molecule has 6 nitrogen and oxygen atoms in total. The molecule has 1 atom stereocenters. The first-order chi connectivity index (χ1) is 9.13. The van der Waals surface area contributed by atoms with Crippen LogP contribution in [0.2, 0.25) is 0 Å². The first-order valence-electron chi connectivity index (χ1n) is 5.91. The maximum Gasteiger partial charge on any atom is 0.322 e. The molecule has 0 aliphatic carbocycles. The summed E-state index contributed by atoms with van der Waals surface area (Å²) in [6, 6.07) is 8.31. The lowest BCUT2D eigenvalue weighted by Gasteiger charge is -2.23. The molecule has 0 aromatic heterocycles. The predicted molar refractivity (Wildman–Crippen MR) is 67.7 cm³/mol. The summed E-state index contributed by atoms with van der Waals surface area (Å²) in [5.74, 6) is -0.895. The number of benzene rings is 1. The number of hydrogen-bond acceptors (Lipinski definition) is 3. The van der Waals surface area contributed by atoms with Gasteiger partial charge < -0.3 is 10.4 Å². The summed E-state index contributed by atoms with van der Waals surface area (Å²) in [5.41, 5.74) is 0.926. The normalized spacial score (nSPS) is 17.9. The Kier molecular flexibility index (Phi) is 3.66. The number of carbonyl (C=O) groups is 2. The number of nitrogens with one attached hydrogen (secondary N) is 1. The van der Waals surface area contributed by atoms with E-state index < -0.39 is 5.97 Å². The highest BCUT2D eigenvalue weighted by atomic mass is 16.4. The average Bonchev–Trinajstić information content (AvgIpc) is 2.77. The van der Waals surface area contributed by atoms with Gasteiger partial charge >= 0.3 is 12.0 Å². The van der Waals surface area contributed by atoms with Crippen LogP contribution in [0.4, 0.5) is 10.5 Å². The summed E-state index contributed by atoms with van der Waals surface area (Å²) in [6.45, 7) is 0.395. The molecule has 2 N–H and O–H groups in total. The SMILES string of the molecule is N#Cc1ccccc1N1C(=O)NCC1CCC(=O)O. The molecule has 1 unspecified atom stereocenters. The van der Waals surface area contributed by atoms with E-state index >= 15 is 0 Å². The Bertz CT molecular complexity index is 550. The molecule has 1 heterocycles. The zero-order valence-corrected chi connectivity index (χ0v) is 10.2. The number of amides is 2. The van der Waals surface area contributed by atoms with Crippen molar-refractivity contribution in [2.45, 2.75) is 18.9 Å². The van der Waals surface area contributed by atoms with E-state index in [9.17, 15) is 9.59 Å². The smallest absolute Gasteiger partial charge is 0.322 e. The molecular formula is C13H13N3O3. The Labute approximate surface area is 110 Å². The van der Waals surface area contributed by atoms with Crippen LogP contribution in [-0.4, -0.2) is 29.7 Å². The molecule has 6 heteroatoms. The van der Waals surface area contributed by atoms with Gasteiger partial charge in [-0.15, -0.1) is 0 Å². The molecule has 1 aromatic rings. The van der Waals surface area contributed by atoms with Crippen LogP contribution in [0.15, 0.2) is 24.3 Å². The van der Waals surface area contributed by atoms with Gasteiger partial charge in [0.25, 0.3) is 0 Å². The van der Waals surface area contributed by atoms with Gasteiger partial charge in [0.15, 0.2) is 0 Å². The number of hydrogen-bond donors (Lipinski definition) is 2. The van der Waals surface area contributed by atoms with Gasteiger partial charge in [0, 0.05) is 13.0 Å². The lowest BCUT2D eigenvalue weighted by Crippen LogP contribution is -2.35. The maximum absolute atomic E-state index is 11.9. The molecule has 0 radical (unpaired) electrons. The molecule has 19 heavy (non-hydrogen) atoms. The minimum absolute atomic E-state index is 0.00908. The molecule has 1 aromatic carbocycles. The van der Waals surface area contributed by atoms with Crippen molar-refractivity contribution in [3.05, 3.63) is 29.8 Å². The van der Waals surface area contributed by atoms with Crippen LogP contribution in [0.25, 0.3) is 0 Å². The van der Waals surface area contributed by atoms with Gasteiger partial charge in [-0.2, -0.15) is 5.26 Å². The number of rotatable bonds is 4. The molecule has 1 aliphatic heterocycles. The van der Waals surface area contributed by atoms with Crippen LogP contribution in [0.1, 0.15) is 18.4 Å². The number of anilines is 1. The fraction of sp³-hybridized carbons (Fsp3) is 0.308. The Morgan fingerprint density at radius 1 is 1.53 bits per heavy atom. The number of nitriles is 1.